The van der Waals surface area contributed by atoms with Crippen molar-refractivity contribution >= 4 is 10.8 Å². The van der Waals surface area contributed by atoms with Crippen molar-refractivity contribution in [3.8, 4) is 0 Å². The van der Waals surface area contributed by atoms with E-state index in [9.17, 15) is 4.21 Å². The predicted octanol–water partition coefficient (Wildman–Crippen LogP) is 0.760. The van der Waals surface area contributed by atoms with E-state index in [1.807, 2.05) is 19.4 Å². The molecule has 1 aromatic heterocycles. The van der Waals surface area contributed by atoms with Gasteiger partial charge in [-0.3, -0.25) is 4.21 Å². The summed E-state index contributed by atoms with van der Waals surface area (Å²) < 4.78 is 13.1. The zero-order valence-electron chi connectivity index (χ0n) is 9.56. The Balaban J connectivity index is 2.39. The second-order valence-electron chi connectivity index (χ2n) is 3.69. The first-order valence-corrected chi connectivity index (χ1v) is 6.88. The number of hydrogen-bond donors (Lipinski definition) is 1. The molecular formula is C10H19N3OS. The van der Waals surface area contributed by atoms with E-state index in [4.69, 9.17) is 0 Å². The van der Waals surface area contributed by atoms with Gasteiger partial charge in [0.25, 0.3) is 0 Å². The molecule has 1 rings (SSSR count). The molecule has 0 aromatic carbocycles. The zero-order chi connectivity index (χ0) is 11.3. The summed E-state index contributed by atoms with van der Waals surface area (Å²) in [7, 11) is -0.736. The molecule has 2 atom stereocenters. The van der Waals surface area contributed by atoms with Gasteiger partial charge in [0.15, 0.2) is 0 Å². The largest absolute Gasteiger partial charge is 0.334 e. The summed E-state index contributed by atoms with van der Waals surface area (Å²) in [6.45, 7) is 5.86. The fourth-order valence-corrected chi connectivity index (χ4v) is 2.29. The van der Waals surface area contributed by atoms with Crippen LogP contribution in [0.1, 0.15) is 19.5 Å². The third-order valence-electron chi connectivity index (χ3n) is 2.26. The standard InChI is InChI=1S/C10H19N3OS/c1-4-13-8-11-5-10(13)6-12-9(2)7-15(3)14/h5,8-9,12H,4,6-7H2,1-3H3. The van der Waals surface area contributed by atoms with Crippen LogP contribution in [-0.4, -0.2) is 31.8 Å². The lowest BCUT2D eigenvalue weighted by Crippen LogP contribution is -2.31. The zero-order valence-corrected chi connectivity index (χ0v) is 10.4. The van der Waals surface area contributed by atoms with Gasteiger partial charge in [-0.15, -0.1) is 0 Å². The molecule has 5 heteroatoms. The number of imidazole rings is 1. The minimum Gasteiger partial charge on any atom is -0.334 e. The van der Waals surface area contributed by atoms with Gasteiger partial charge >= 0.3 is 0 Å². The quantitative estimate of drug-likeness (QED) is 0.783. The van der Waals surface area contributed by atoms with Crippen molar-refractivity contribution in [2.75, 3.05) is 12.0 Å². The Labute approximate surface area is 93.5 Å². The second kappa shape index (κ2) is 6.02. The predicted molar refractivity (Wildman–Crippen MR) is 63.1 cm³/mol. The van der Waals surface area contributed by atoms with Crippen molar-refractivity contribution in [3.63, 3.8) is 0 Å². The first-order valence-electron chi connectivity index (χ1n) is 5.16. The molecule has 0 fully saturated rings. The van der Waals surface area contributed by atoms with Crippen LogP contribution in [0.15, 0.2) is 12.5 Å². The lowest BCUT2D eigenvalue weighted by atomic mass is 10.3. The minimum atomic E-state index is -0.736. The molecule has 0 saturated carbocycles. The topological polar surface area (TPSA) is 46.9 Å². The van der Waals surface area contributed by atoms with Crippen molar-refractivity contribution < 1.29 is 4.21 Å². The number of nitrogens with one attached hydrogen (secondary N) is 1. The van der Waals surface area contributed by atoms with Gasteiger partial charge in [-0.05, 0) is 13.8 Å². The van der Waals surface area contributed by atoms with Gasteiger partial charge in [-0.2, -0.15) is 0 Å². The number of hydrogen-bond acceptors (Lipinski definition) is 3. The molecule has 0 aliphatic heterocycles. The molecule has 0 aliphatic carbocycles. The van der Waals surface area contributed by atoms with Crippen LogP contribution in [-0.2, 0) is 23.9 Å². The van der Waals surface area contributed by atoms with Crippen LogP contribution in [0.5, 0.6) is 0 Å². The molecule has 0 aliphatic rings. The van der Waals surface area contributed by atoms with Gasteiger partial charge in [-0.25, -0.2) is 4.98 Å². The van der Waals surface area contributed by atoms with Gasteiger partial charge in [0.05, 0.1) is 12.0 Å². The van der Waals surface area contributed by atoms with Crippen molar-refractivity contribution in [1.29, 1.82) is 0 Å². The van der Waals surface area contributed by atoms with Crippen molar-refractivity contribution in [1.82, 2.24) is 14.9 Å². The monoisotopic (exact) mass is 229 g/mol. The van der Waals surface area contributed by atoms with E-state index in [2.05, 4.69) is 21.8 Å². The Hall–Kier alpha value is -0.680. The molecule has 1 heterocycles. The maximum Gasteiger partial charge on any atom is 0.0948 e. The lowest BCUT2D eigenvalue weighted by molar-refractivity contribution is 0.561. The van der Waals surface area contributed by atoms with Crippen LogP contribution in [0.3, 0.4) is 0 Å². The summed E-state index contributed by atoms with van der Waals surface area (Å²) in [6, 6.07) is 0.274. The van der Waals surface area contributed by atoms with Crippen molar-refractivity contribution in [2.45, 2.75) is 33.0 Å². The number of aryl methyl sites for hydroxylation is 1. The average molecular weight is 229 g/mol. The second-order valence-corrected chi connectivity index (χ2v) is 5.17. The molecule has 0 saturated heterocycles. The Morgan fingerprint density at radius 3 is 3.00 bits per heavy atom. The van der Waals surface area contributed by atoms with Gasteiger partial charge in [0.2, 0.25) is 0 Å². The fraction of sp³-hybridized carbons (Fsp3) is 0.700. The SMILES string of the molecule is CCn1cncc1CNC(C)CS(C)=O. The first kappa shape index (κ1) is 12.4. The third-order valence-corrected chi connectivity index (χ3v) is 3.22. The van der Waals surface area contributed by atoms with Gasteiger partial charge in [-0.1, -0.05) is 0 Å². The van der Waals surface area contributed by atoms with Gasteiger partial charge < -0.3 is 9.88 Å². The summed E-state index contributed by atoms with van der Waals surface area (Å²) in [6.07, 6.45) is 5.43. The van der Waals surface area contributed by atoms with E-state index in [-0.39, 0.29) is 6.04 Å². The molecule has 0 amide bonds. The third kappa shape index (κ3) is 4.13. The number of rotatable bonds is 6. The molecule has 0 radical (unpaired) electrons. The highest BCUT2D eigenvalue weighted by molar-refractivity contribution is 7.84. The highest BCUT2D eigenvalue weighted by Crippen LogP contribution is 1.99. The van der Waals surface area contributed by atoms with Crippen LogP contribution in [0.4, 0.5) is 0 Å². The van der Waals surface area contributed by atoms with E-state index >= 15 is 0 Å². The molecule has 4 nitrogen and oxygen atoms in total. The summed E-state index contributed by atoms with van der Waals surface area (Å²) in [5.74, 6) is 0.695. The summed E-state index contributed by atoms with van der Waals surface area (Å²) >= 11 is 0. The molecule has 86 valence electrons. The first-order chi connectivity index (χ1) is 7.13. The number of aromatic nitrogens is 2. The molecule has 1 N–H and O–H groups in total. The fourth-order valence-electron chi connectivity index (χ4n) is 1.47. The van der Waals surface area contributed by atoms with Gasteiger partial charge in [0, 0.05) is 48.1 Å². The van der Waals surface area contributed by atoms with Crippen molar-refractivity contribution in [2.24, 2.45) is 0 Å². The normalized spacial score (nSPS) is 15.1. The highest BCUT2D eigenvalue weighted by atomic mass is 32.2. The van der Waals surface area contributed by atoms with Crippen LogP contribution in [0.25, 0.3) is 0 Å². The molecular weight excluding hydrogens is 210 g/mol. The molecule has 2 unspecified atom stereocenters. The van der Waals surface area contributed by atoms with Crippen LogP contribution in [0, 0.1) is 0 Å². The van der Waals surface area contributed by atoms with Gasteiger partial charge in [0.1, 0.15) is 0 Å². The van der Waals surface area contributed by atoms with Crippen LogP contribution in [0.2, 0.25) is 0 Å². The average Bonchev–Trinajstić information content (AvgIpc) is 2.60. The lowest BCUT2D eigenvalue weighted by Gasteiger charge is -2.12. The molecule has 0 spiro atoms. The Morgan fingerprint density at radius 2 is 2.40 bits per heavy atom. The Bertz CT molecular complexity index is 324. The molecule has 0 bridgehead atoms. The smallest absolute Gasteiger partial charge is 0.0948 e. The summed E-state index contributed by atoms with van der Waals surface area (Å²) in [4.78, 5) is 4.09. The van der Waals surface area contributed by atoms with Crippen LogP contribution < -0.4 is 5.32 Å². The molecule has 1 aromatic rings. The summed E-state index contributed by atoms with van der Waals surface area (Å²) in [5.41, 5.74) is 1.17. The Morgan fingerprint density at radius 1 is 1.67 bits per heavy atom. The summed E-state index contributed by atoms with van der Waals surface area (Å²) in [5, 5.41) is 3.34. The van der Waals surface area contributed by atoms with Crippen molar-refractivity contribution in [3.05, 3.63) is 18.2 Å². The maximum absolute atomic E-state index is 11.0. The Kier molecular flexibility index (Phi) is 4.98. The van der Waals surface area contributed by atoms with E-state index < -0.39 is 10.8 Å². The molecule has 15 heavy (non-hydrogen) atoms. The highest BCUT2D eigenvalue weighted by Gasteiger charge is 2.05. The maximum atomic E-state index is 11.0. The van der Waals surface area contributed by atoms with E-state index in [1.54, 1.807) is 6.26 Å². The van der Waals surface area contributed by atoms with E-state index in [0.29, 0.717) is 5.75 Å². The minimum absolute atomic E-state index is 0.274. The van der Waals surface area contributed by atoms with E-state index in [0.717, 1.165) is 13.1 Å². The van der Waals surface area contributed by atoms with Crippen LogP contribution >= 0.6 is 0 Å². The number of nitrogens with zero attached hydrogens (tertiary/aromatic N) is 2. The van der Waals surface area contributed by atoms with E-state index in [1.165, 1.54) is 5.69 Å².